The lowest BCUT2D eigenvalue weighted by atomic mass is 9.71. The van der Waals surface area contributed by atoms with E-state index in [9.17, 15) is 8.42 Å². The topological polar surface area (TPSA) is 59.3 Å². The first-order chi connectivity index (χ1) is 14.8. The molecular formula is C27H35NO3S. The summed E-state index contributed by atoms with van der Waals surface area (Å²) < 4.78 is 35.2. The van der Waals surface area contributed by atoms with Crippen LogP contribution in [0.15, 0.2) is 45.7 Å². The maximum absolute atomic E-state index is 13.1. The number of furan rings is 1. The lowest BCUT2D eigenvalue weighted by molar-refractivity contribution is 0.210. The normalized spacial score (nSPS) is 17.4. The van der Waals surface area contributed by atoms with Crippen LogP contribution in [-0.4, -0.2) is 8.42 Å². The third kappa shape index (κ3) is 4.32. The lowest BCUT2D eigenvalue weighted by Crippen LogP contribution is -2.26. The van der Waals surface area contributed by atoms with E-state index in [4.69, 9.17) is 4.42 Å². The molecule has 1 aliphatic rings. The van der Waals surface area contributed by atoms with Gasteiger partial charge in [0.25, 0.3) is 10.0 Å². The fraction of sp³-hybridized carbons (Fsp3) is 0.481. The van der Waals surface area contributed by atoms with Crippen LogP contribution in [0.5, 0.6) is 0 Å². The molecule has 4 nitrogen and oxygen atoms in total. The summed E-state index contributed by atoms with van der Waals surface area (Å²) in [6.07, 6.45) is 3.03. The molecule has 0 spiro atoms. The van der Waals surface area contributed by atoms with Gasteiger partial charge in [0, 0.05) is 17.4 Å². The summed E-state index contributed by atoms with van der Waals surface area (Å²) in [4.78, 5) is 0.270. The maximum Gasteiger partial charge on any atom is 0.261 e. The Hall–Kier alpha value is -2.27. The highest BCUT2D eigenvalue weighted by atomic mass is 32.2. The number of aryl methyl sites for hydroxylation is 2. The SMILES string of the molecule is Cc1cc2oc3c(c2cc1NS(=O)(=O)c1ccc(C(C)(C)C)cc1)CC(C(C)(C)C)CC3. The summed E-state index contributed by atoms with van der Waals surface area (Å²) in [6, 6.07) is 11.1. The Bertz CT molecular complexity index is 1250. The van der Waals surface area contributed by atoms with Crippen LogP contribution in [-0.2, 0) is 28.3 Å². The molecule has 2 aromatic carbocycles. The quantitative estimate of drug-likeness (QED) is 0.465. The standard InChI is InChI=1S/C27H35NO3S/c1-17-14-25-22(21-15-19(27(5,6)7)10-13-24(21)31-25)16-23(17)28-32(29,30)20-11-8-18(9-12-20)26(2,3)4/h8-9,11-12,14,16,19,28H,10,13,15H2,1-7H3. The van der Waals surface area contributed by atoms with Crippen LogP contribution in [0.1, 0.15) is 70.4 Å². The Morgan fingerprint density at radius 1 is 1.00 bits per heavy atom. The first kappa shape index (κ1) is 22.9. The second kappa shape index (κ2) is 7.65. The molecule has 172 valence electrons. The van der Waals surface area contributed by atoms with Crippen molar-refractivity contribution < 1.29 is 12.8 Å². The fourth-order valence-electron chi connectivity index (χ4n) is 4.61. The molecular weight excluding hydrogens is 418 g/mol. The molecule has 0 aliphatic heterocycles. The van der Waals surface area contributed by atoms with Gasteiger partial charge in [-0.3, -0.25) is 4.72 Å². The molecule has 4 rings (SSSR count). The van der Waals surface area contributed by atoms with E-state index in [0.29, 0.717) is 11.6 Å². The first-order valence-corrected chi connectivity index (χ1v) is 12.9. The molecule has 1 aromatic heterocycles. The lowest BCUT2D eigenvalue weighted by Gasteiger charge is -2.33. The Morgan fingerprint density at radius 2 is 1.66 bits per heavy atom. The molecule has 0 amide bonds. The van der Waals surface area contributed by atoms with Crippen molar-refractivity contribution in [3.8, 4) is 0 Å². The second-order valence-corrected chi connectivity index (χ2v) is 13.0. The molecule has 5 heteroatoms. The zero-order valence-electron chi connectivity index (χ0n) is 20.3. The van der Waals surface area contributed by atoms with Crippen LogP contribution in [0.2, 0.25) is 0 Å². The molecule has 1 heterocycles. The van der Waals surface area contributed by atoms with Crippen molar-refractivity contribution in [2.45, 2.75) is 78.0 Å². The third-order valence-corrected chi connectivity index (χ3v) is 8.27. The average Bonchev–Trinajstić information content (AvgIpc) is 3.03. The highest BCUT2D eigenvalue weighted by Crippen LogP contribution is 2.42. The van der Waals surface area contributed by atoms with Gasteiger partial charge in [-0.1, -0.05) is 53.7 Å². The molecule has 1 aliphatic carbocycles. The van der Waals surface area contributed by atoms with Crippen LogP contribution in [0.3, 0.4) is 0 Å². The molecule has 0 radical (unpaired) electrons. The Balaban J connectivity index is 1.68. The smallest absolute Gasteiger partial charge is 0.261 e. The minimum atomic E-state index is -3.69. The van der Waals surface area contributed by atoms with E-state index in [1.54, 1.807) is 12.1 Å². The molecule has 1 atom stereocenters. The Morgan fingerprint density at radius 3 is 2.25 bits per heavy atom. The monoisotopic (exact) mass is 453 g/mol. The fourth-order valence-corrected chi connectivity index (χ4v) is 5.73. The summed E-state index contributed by atoms with van der Waals surface area (Å²) >= 11 is 0. The molecule has 32 heavy (non-hydrogen) atoms. The largest absolute Gasteiger partial charge is 0.461 e. The summed E-state index contributed by atoms with van der Waals surface area (Å²) in [5, 5.41) is 1.03. The van der Waals surface area contributed by atoms with Gasteiger partial charge in [-0.05, 0) is 71.9 Å². The highest BCUT2D eigenvalue weighted by molar-refractivity contribution is 7.92. The number of sulfonamides is 1. The van der Waals surface area contributed by atoms with Gasteiger partial charge < -0.3 is 4.42 Å². The van der Waals surface area contributed by atoms with Gasteiger partial charge in [0.2, 0.25) is 0 Å². The average molecular weight is 454 g/mol. The summed E-state index contributed by atoms with van der Waals surface area (Å²) in [7, 11) is -3.69. The number of nitrogens with one attached hydrogen (secondary N) is 1. The van der Waals surface area contributed by atoms with Gasteiger partial charge >= 0.3 is 0 Å². The van der Waals surface area contributed by atoms with Crippen LogP contribution >= 0.6 is 0 Å². The van der Waals surface area contributed by atoms with Crippen molar-refractivity contribution in [3.05, 3.63) is 58.8 Å². The van der Waals surface area contributed by atoms with Crippen molar-refractivity contribution in [3.63, 3.8) is 0 Å². The molecule has 1 N–H and O–H groups in total. The molecule has 0 saturated heterocycles. The van der Waals surface area contributed by atoms with Gasteiger partial charge in [-0.15, -0.1) is 0 Å². The number of hydrogen-bond donors (Lipinski definition) is 1. The summed E-state index contributed by atoms with van der Waals surface area (Å²) in [5.74, 6) is 1.64. The summed E-state index contributed by atoms with van der Waals surface area (Å²) in [5.41, 5.74) is 4.86. The number of fused-ring (bicyclic) bond motifs is 3. The van der Waals surface area contributed by atoms with Gasteiger partial charge in [0.15, 0.2) is 0 Å². The molecule has 0 saturated carbocycles. The van der Waals surface area contributed by atoms with E-state index in [1.807, 2.05) is 31.2 Å². The second-order valence-electron chi connectivity index (χ2n) is 11.4. The van der Waals surface area contributed by atoms with Gasteiger partial charge in [0.1, 0.15) is 11.3 Å². The van der Waals surface area contributed by atoms with E-state index in [1.165, 1.54) is 5.56 Å². The molecule has 1 unspecified atom stereocenters. The van der Waals surface area contributed by atoms with Crippen molar-refractivity contribution in [2.75, 3.05) is 4.72 Å². The third-order valence-electron chi connectivity index (χ3n) is 6.89. The van der Waals surface area contributed by atoms with Crippen LogP contribution in [0.4, 0.5) is 5.69 Å². The van der Waals surface area contributed by atoms with E-state index < -0.39 is 10.0 Å². The van der Waals surface area contributed by atoms with E-state index in [-0.39, 0.29) is 15.7 Å². The maximum atomic E-state index is 13.1. The molecule has 0 bridgehead atoms. The highest BCUT2D eigenvalue weighted by Gasteiger charge is 2.32. The number of hydrogen-bond acceptors (Lipinski definition) is 3. The molecule has 0 fully saturated rings. The minimum Gasteiger partial charge on any atom is -0.461 e. The zero-order chi connectivity index (χ0) is 23.5. The predicted octanol–water partition coefficient (Wildman–Crippen LogP) is 6.99. The van der Waals surface area contributed by atoms with Gasteiger partial charge in [0.05, 0.1) is 10.6 Å². The number of benzene rings is 2. The van der Waals surface area contributed by atoms with Crippen LogP contribution in [0, 0.1) is 18.3 Å². The number of anilines is 1. The van der Waals surface area contributed by atoms with E-state index in [2.05, 4.69) is 46.3 Å². The summed E-state index contributed by atoms with van der Waals surface area (Å²) in [6.45, 7) is 15.1. The van der Waals surface area contributed by atoms with Crippen molar-refractivity contribution in [1.29, 1.82) is 0 Å². The zero-order valence-corrected chi connectivity index (χ0v) is 21.1. The van der Waals surface area contributed by atoms with Crippen LogP contribution in [0.25, 0.3) is 11.0 Å². The van der Waals surface area contributed by atoms with E-state index in [0.717, 1.165) is 47.1 Å². The predicted molar refractivity (Wildman–Crippen MR) is 132 cm³/mol. The minimum absolute atomic E-state index is 0.0252. The van der Waals surface area contributed by atoms with Crippen molar-refractivity contribution in [1.82, 2.24) is 0 Å². The van der Waals surface area contributed by atoms with Crippen LogP contribution < -0.4 is 4.72 Å². The Labute approximate surface area is 192 Å². The molecule has 3 aromatic rings. The van der Waals surface area contributed by atoms with Gasteiger partial charge in [-0.2, -0.15) is 0 Å². The first-order valence-electron chi connectivity index (χ1n) is 11.4. The number of rotatable bonds is 3. The Kier molecular flexibility index (Phi) is 5.48. The van der Waals surface area contributed by atoms with Crippen molar-refractivity contribution >= 4 is 26.7 Å². The van der Waals surface area contributed by atoms with E-state index >= 15 is 0 Å². The van der Waals surface area contributed by atoms with Gasteiger partial charge in [-0.25, -0.2) is 8.42 Å². The van der Waals surface area contributed by atoms with Crippen molar-refractivity contribution in [2.24, 2.45) is 11.3 Å².